The van der Waals surface area contributed by atoms with Crippen molar-refractivity contribution in [3.05, 3.63) is 62.0 Å². The van der Waals surface area contributed by atoms with Gasteiger partial charge in [-0.05, 0) is 62.0 Å². The second-order valence-corrected chi connectivity index (χ2v) is 6.04. The normalized spacial score (nSPS) is 10.3. The molecule has 0 N–H and O–H groups in total. The first-order valence-corrected chi connectivity index (χ1v) is 7.44. The molecule has 2 aromatic carbocycles. The van der Waals surface area contributed by atoms with Gasteiger partial charge in [-0.3, -0.25) is 0 Å². The van der Waals surface area contributed by atoms with Gasteiger partial charge in [0.25, 0.3) is 0 Å². The van der Waals surface area contributed by atoms with Crippen molar-refractivity contribution in [3.63, 3.8) is 0 Å². The molecule has 0 amide bonds. The maximum atomic E-state index is 10.8. The Bertz CT molecular complexity index is 613. The van der Waals surface area contributed by atoms with Crippen LogP contribution in [-0.2, 0) is 6.61 Å². The molecule has 2 rings (SSSR count). The number of halogens is 2. The van der Waals surface area contributed by atoms with Crippen molar-refractivity contribution < 1.29 is 14.6 Å². The Morgan fingerprint density at radius 2 is 1.70 bits per heavy atom. The Kier molecular flexibility index (Phi) is 4.83. The largest absolute Gasteiger partial charge is 0.545 e. The molecule has 5 heteroatoms. The van der Waals surface area contributed by atoms with Gasteiger partial charge in [0.1, 0.15) is 12.4 Å². The quantitative estimate of drug-likeness (QED) is 0.792. The van der Waals surface area contributed by atoms with Gasteiger partial charge < -0.3 is 14.6 Å². The van der Waals surface area contributed by atoms with E-state index < -0.39 is 5.97 Å². The Morgan fingerprint density at radius 1 is 1.15 bits per heavy atom. The van der Waals surface area contributed by atoms with E-state index in [0.29, 0.717) is 21.3 Å². The van der Waals surface area contributed by atoms with Crippen LogP contribution in [0.3, 0.4) is 0 Å². The van der Waals surface area contributed by atoms with E-state index in [2.05, 4.69) is 31.9 Å². The molecule has 0 fully saturated rings. The molecule has 0 aliphatic heterocycles. The number of carbonyl (C=O) groups excluding carboxylic acids is 1. The Balaban J connectivity index is 2.17. The van der Waals surface area contributed by atoms with Crippen LogP contribution in [-0.4, -0.2) is 5.97 Å². The van der Waals surface area contributed by atoms with Crippen molar-refractivity contribution in [1.29, 1.82) is 0 Å². The van der Waals surface area contributed by atoms with Gasteiger partial charge in [-0.15, -0.1) is 0 Å². The molecule has 20 heavy (non-hydrogen) atoms. The lowest BCUT2D eigenvalue weighted by atomic mass is 10.2. The SMILES string of the molecule is Cc1ccc(COc2c(Br)cc(C(=O)[O-])cc2Br)cc1. The lowest BCUT2D eigenvalue weighted by Crippen LogP contribution is -2.22. The van der Waals surface area contributed by atoms with Gasteiger partial charge in [0.15, 0.2) is 0 Å². The molecule has 0 spiro atoms. The van der Waals surface area contributed by atoms with Crippen LogP contribution in [0.5, 0.6) is 5.75 Å². The molecule has 0 atom stereocenters. The van der Waals surface area contributed by atoms with Crippen LogP contribution < -0.4 is 9.84 Å². The molecule has 2 aromatic rings. The van der Waals surface area contributed by atoms with Crippen LogP contribution in [0.1, 0.15) is 21.5 Å². The summed E-state index contributed by atoms with van der Waals surface area (Å²) in [5, 5.41) is 10.8. The molecule has 0 unspecified atom stereocenters. The molecule has 0 saturated heterocycles. The maximum Gasteiger partial charge on any atom is 0.148 e. The lowest BCUT2D eigenvalue weighted by Gasteiger charge is -2.13. The van der Waals surface area contributed by atoms with Gasteiger partial charge in [-0.2, -0.15) is 0 Å². The van der Waals surface area contributed by atoms with Crippen LogP contribution in [0.25, 0.3) is 0 Å². The van der Waals surface area contributed by atoms with E-state index in [9.17, 15) is 9.90 Å². The lowest BCUT2D eigenvalue weighted by molar-refractivity contribution is -0.255. The number of rotatable bonds is 4. The van der Waals surface area contributed by atoms with Gasteiger partial charge in [-0.1, -0.05) is 29.8 Å². The standard InChI is InChI=1S/C15H12Br2O3/c1-9-2-4-10(5-3-9)8-20-14-12(16)6-11(15(18)19)7-13(14)17/h2-7H,8H2,1H3,(H,18,19)/p-1. The number of benzene rings is 2. The predicted molar refractivity (Wildman–Crippen MR) is 81.7 cm³/mol. The summed E-state index contributed by atoms with van der Waals surface area (Å²) >= 11 is 6.61. The number of hydrogen-bond donors (Lipinski definition) is 0. The number of aromatic carboxylic acids is 1. The second kappa shape index (κ2) is 6.41. The molecule has 0 bridgehead atoms. The van der Waals surface area contributed by atoms with Crippen LogP contribution in [0, 0.1) is 6.92 Å². The highest BCUT2D eigenvalue weighted by atomic mass is 79.9. The molecule has 0 aromatic heterocycles. The molecular weight excluding hydrogens is 388 g/mol. The monoisotopic (exact) mass is 397 g/mol. The Labute approximate surface area is 133 Å². The van der Waals surface area contributed by atoms with E-state index in [1.807, 2.05) is 31.2 Å². The minimum Gasteiger partial charge on any atom is -0.545 e. The summed E-state index contributed by atoms with van der Waals surface area (Å²) in [4.78, 5) is 10.8. The van der Waals surface area contributed by atoms with Gasteiger partial charge in [0.05, 0.1) is 14.9 Å². The van der Waals surface area contributed by atoms with E-state index in [4.69, 9.17) is 4.74 Å². The Morgan fingerprint density at radius 3 is 2.20 bits per heavy atom. The van der Waals surface area contributed by atoms with Crippen molar-refractivity contribution >= 4 is 37.8 Å². The molecule has 0 aliphatic carbocycles. The molecule has 0 saturated carbocycles. The van der Waals surface area contributed by atoms with Crippen LogP contribution in [0.15, 0.2) is 45.3 Å². The topological polar surface area (TPSA) is 49.4 Å². The molecule has 0 radical (unpaired) electrons. The zero-order chi connectivity index (χ0) is 14.7. The fourth-order valence-electron chi connectivity index (χ4n) is 1.66. The summed E-state index contributed by atoms with van der Waals surface area (Å²) in [5.74, 6) is -0.660. The summed E-state index contributed by atoms with van der Waals surface area (Å²) in [7, 11) is 0. The first-order valence-electron chi connectivity index (χ1n) is 5.86. The minimum atomic E-state index is -1.23. The minimum absolute atomic E-state index is 0.0893. The zero-order valence-corrected chi connectivity index (χ0v) is 13.8. The fourth-order valence-corrected chi connectivity index (χ4v) is 3.07. The van der Waals surface area contributed by atoms with Crippen molar-refractivity contribution in [3.8, 4) is 5.75 Å². The van der Waals surface area contributed by atoms with E-state index in [0.717, 1.165) is 5.56 Å². The molecule has 0 heterocycles. The summed E-state index contributed by atoms with van der Waals surface area (Å²) in [6.07, 6.45) is 0. The number of carboxylic acids is 1. The summed E-state index contributed by atoms with van der Waals surface area (Å²) < 4.78 is 6.86. The fraction of sp³-hybridized carbons (Fsp3) is 0.133. The van der Waals surface area contributed by atoms with Gasteiger partial charge in [0.2, 0.25) is 0 Å². The average molecular weight is 399 g/mol. The highest BCUT2D eigenvalue weighted by Gasteiger charge is 2.10. The highest BCUT2D eigenvalue weighted by molar-refractivity contribution is 9.11. The molecular formula is C15H11Br2O3-. The summed E-state index contributed by atoms with van der Waals surface area (Å²) in [6, 6.07) is 10.9. The van der Waals surface area contributed by atoms with Crippen LogP contribution in [0.2, 0.25) is 0 Å². The number of aryl methyl sites for hydroxylation is 1. The number of carbonyl (C=O) groups is 1. The summed E-state index contributed by atoms with van der Waals surface area (Å²) in [5.41, 5.74) is 2.32. The van der Waals surface area contributed by atoms with Crippen molar-refractivity contribution in [2.45, 2.75) is 13.5 Å². The highest BCUT2D eigenvalue weighted by Crippen LogP contribution is 2.35. The second-order valence-electron chi connectivity index (χ2n) is 4.33. The zero-order valence-electron chi connectivity index (χ0n) is 10.7. The van der Waals surface area contributed by atoms with E-state index in [1.54, 1.807) is 0 Å². The number of carboxylic acid groups (broad SMARTS) is 1. The number of ether oxygens (including phenoxy) is 1. The van der Waals surface area contributed by atoms with Crippen molar-refractivity contribution in [1.82, 2.24) is 0 Å². The first kappa shape index (κ1) is 15.1. The summed E-state index contributed by atoms with van der Waals surface area (Å²) in [6.45, 7) is 2.43. The molecule has 104 valence electrons. The first-order chi connectivity index (χ1) is 9.47. The third-order valence-corrected chi connectivity index (χ3v) is 3.92. The van der Waals surface area contributed by atoms with Crippen LogP contribution in [0.4, 0.5) is 0 Å². The van der Waals surface area contributed by atoms with Gasteiger partial charge >= 0.3 is 0 Å². The molecule has 3 nitrogen and oxygen atoms in total. The predicted octanol–water partition coefficient (Wildman–Crippen LogP) is 3.46. The van der Waals surface area contributed by atoms with E-state index in [1.165, 1.54) is 17.7 Å². The third kappa shape index (κ3) is 3.61. The van der Waals surface area contributed by atoms with E-state index >= 15 is 0 Å². The van der Waals surface area contributed by atoms with E-state index in [-0.39, 0.29) is 5.56 Å². The van der Waals surface area contributed by atoms with Crippen molar-refractivity contribution in [2.24, 2.45) is 0 Å². The van der Waals surface area contributed by atoms with Crippen LogP contribution >= 0.6 is 31.9 Å². The smallest absolute Gasteiger partial charge is 0.148 e. The van der Waals surface area contributed by atoms with Gasteiger partial charge in [-0.25, -0.2) is 0 Å². The maximum absolute atomic E-state index is 10.8. The number of hydrogen-bond acceptors (Lipinski definition) is 3. The van der Waals surface area contributed by atoms with Gasteiger partial charge in [0, 0.05) is 0 Å². The molecule has 0 aliphatic rings. The third-order valence-electron chi connectivity index (χ3n) is 2.74. The van der Waals surface area contributed by atoms with Crippen molar-refractivity contribution in [2.75, 3.05) is 0 Å². The average Bonchev–Trinajstić information content (AvgIpc) is 2.39. The Hall–Kier alpha value is -1.33.